The molecule has 1 unspecified atom stereocenters. The van der Waals surface area contributed by atoms with Crippen LogP contribution in [0.4, 0.5) is 0 Å². The second-order valence-electron chi connectivity index (χ2n) is 3.56. The van der Waals surface area contributed by atoms with Crippen molar-refractivity contribution >= 4 is 73.1 Å². The molecule has 0 aliphatic carbocycles. The van der Waals surface area contributed by atoms with Gasteiger partial charge in [-0.15, -0.1) is 0 Å². The van der Waals surface area contributed by atoms with Crippen molar-refractivity contribution in [2.24, 2.45) is 0 Å². The molecule has 0 radical (unpaired) electrons. The molecule has 0 saturated heterocycles. The first kappa shape index (κ1) is 17.1. The molecule has 0 amide bonds. The molecule has 2 aromatic carbocycles. The third-order valence-corrected chi connectivity index (χ3v) is 4.18. The maximum atomic E-state index is 12.2. The van der Waals surface area contributed by atoms with E-state index in [9.17, 15) is 4.79 Å². The van der Waals surface area contributed by atoms with Gasteiger partial charge in [-0.25, -0.2) is 0 Å². The van der Waals surface area contributed by atoms with Gasteiger partial charge >= 0.3 is 18.9 Å². The van der Waals surface area contributed by atoms with Gasteiger partial charge in [0.15, 0.2) is 5.52 Å². The van der Waals surface area contributed by atoms with Gasteiger partial charge in [0.25, 0.3) is 0 Å². The van der Waals surface area contributed by atoms with Crippen LogP contribution in [0.3, 0.4) is 0 Å². The Morgan fingerprint density at radius 3 is 2.00 bits per heavy atom. The summed E-state index contributed by atoms with van der Waals surface area (Å²) < 4.78 is 0. The molecule has 0 heterocycles. The van der Waals surface area contributed by atoms with Gasteiger partial charge < -0.3 is 0 Å². The first-order valence-corrected chi connectivity index (χ1v) is 7.22. The van der Waals surface area contributed by atoms with Crippen LogP contribution in [0.5, 0.6) is 0 Å². The zero-order valence-electron chi connectivity index (χ0n) is 9.08. The Labute approximate surface area is 140 Å². The molecular formula is C13H9Cl3LiOP. The van der Waals surface area contributed by atoms with Gasteiger partial charge in [-0.1, -0.05) is 65.1 Å². The van der Waals surface area contributed by atoms with E-state index < -0.39 is 0 Å². The standard InChI is InChI=1S/C13H8Cl3OP.Li.H/c14-8-6-10(15)12(11(16)7-8)13(17)18-9-4-2-1-3-5-9;;/h1-7,18H;;. The van der Waals surface area contributed by atoms with E-state index in [1.807, 2.05) is 30.3 Å². The van der Waals surface area contributed by atoms with Crippen LogP contribution in [0.15, 0.2) is 42.5 Å². The molecule has 2 rings (SSSR count). The van der Waals surface area contributed by atoms with E-state index >= 15 is 0 Å². The van der Waals surface area contributed by atoms with Gasteiger partial charge in [0, 0.05) is 5.02 Å². The Morgan fingerprint density at radius 1 is 0.947 bits per heavy atom. The fourth-order valence-electron chi connectivity index (χ4n) is 1.47. The van der Waals surface area contributed by atoms with Gasteiger partial charge in [0.2, 0.25) is 0 Å². The summed E-state index contributed by atoms with van der Waals surface area (Å²) in [4.78, 5) is 12.2. The summed E-state index contributed by atoms with van der Waals surface area (Å²) in [6.07, 6.45) is 0. The second-order valence-corrected chi connectivity index (χ2v) is 6.10. The number of hydrogen-bond donors (Lipinski definition) is 0. The topological polar surface area (TPSA) is 17.1 Å². The Bertz CT molecular complexity index is 567. The normalized spacial score (nSPS) is 10.5. The molecular weight excluding hydrogens is 316 g/mol. The van der Waals surface area contributed by atoms with Gasteiger partial charge in [-0.05, 0) is 26.0 Å². The van der Waals surface area contributed by atoms with E-state index in [0.29, 0.717) is 20.6 Å². The van der Waals surface area contributed by atoms with Crippen molar-refractivity contribution in [3.05, 3.63) is 63.1 Å². The molecule has 94 valence electrons. The number of hydrogen-bond acceptors (Lipinski definition) is 1. The number of carbonyl (C=O) groups is 1. The van der Waals surface area contributed by atoms with Crippen molar-refractivity contribution in [2.45, 2.75) is 0 Å². The molecule has 0 spiro atoms. The molecule has 0 N–H and O–H groups in total. The fourth-order valence-corrected chi connectivity index (χ4v) is 3.64. The Hall–Kier alpha value is 0.00740. The van der Waals surface area contributed by atoms with Gasteiger partial charge in [-0.2, -0.15) is 0 Å². The number of halogens is 3. The van der Waals surface area contributed by atoms with Crippen molar-refractivity contribution in [1.29, 1.82) is 0 Å². The predicted molar refractivity (Wildman–Crippen MR) is 87.3 cm³/mol. The van der Waals surface area contributed by atoms with E-state index in [-0.39, 0.29) is 33.0 Å². The average molecular weight is 325 g/mol. The van der Waals surface area contributed by atoms with Crippen molar-refractivity contribution in [1.82, 2.24) is 0 Å². The van der Waals surface area contributed by atoms with Crippen molar-refractivity contribution < 1.29 is 4.79 Å². The van der Waals surface area contributed by atoms with Crippen LogP contribution in [0, 0.1) is 0 Å². The minimum atomic E-state index is -0.0899. The van der Waals surface area contributed by atoms with Crippen LogP contribution in [-0.4, -0.2) is 24.4 Å². The van der Waals surface area contributed by atoms with E-state index in [4.69, 9.17) is 34.8 Å². The number of carbonyl (C=O) groups excluding carboxylic acids is 1. The molecule has 0 aromatic heterocycles. The van der Waals surface area contributed by atoms with Crippen LogP contribution in [0.1, 0.15) is 10.4 Å². The molecule has 0 saturated carbocycles. The quantitative estimate of drug-likeness (QED) is 0.612. The Kier molecular flexibility index (Phi) is 6.91. The zero-order valence-corrected chi connectivity index (χ0v) is 12.4. The van der Waals surface area contributed by atoms with Gasteiger partial charge in [0.1, 0.15) is 0 Å². The molecule has 1 atom stereocenters. The Balaban J connectivity index is 0.00000180. The predicted octanol–water partition coefficient (Wildman–Crippen LogP) is 4.14. The first-order valence-electron chi connectivity index (χ1n) is 5.09. The molecule has 19 heavy (non-hydrogen) atoms. The van der Waals surface area contributed by atoms with E-state index in [2.05, 4.69) is 0 Å². The second kappa shape index (κ2) is 7.70. The first-order chi connectivity index (χ1) is 8.58. The number of benzene rings is 2. The maximum absolute atomic E-state index is 12.2. The molecule has 6 heteroatoms. The van der Waals surface area contributed by atoms with Gasteiger partial charge in [0.05, 0.1) is 15.6 Å². The van der Waals surface area contributed by atoms with E-state index in [0.717, 1.165) is 5.30 Å². The third-order valence-electron chi connectivity index (χ3n) is 2.27. The van der Waals surface area contributed by atoms with E-state index in [1.165, 1.54) is 12.1 Å². The molecule has 0 aliphatic rings. The summed E-state index contributed by atoms with van der Waals surface area (Å²) in [5.74, 6) is 0. The monoisotopic (exact) mass is 324 g/mol. The summed E-state index contributed by atoms with van der Waals surface area (Å²) >= 11 is 17.8. The fraction of sp³-hybridized carbons (Fsp3) is 0. The SMILES string of the molecule is O=C(Pc1ccccc1)c1c(Cl)cc(Cl)cc1Cl.[LiH]. The molecule has 0 bridgehead atoms. The zero-order chi connectivity index (χ0) is 13.1. The van der Waals surface area contributed by atoms with Gasteiger partial charge in [-0.3, -0.25) is 4.79 Å². The van der Waals surface area contributed by atoms with Crippen LogP contribution < -0.4 is 5.30 Å². The minimum absolute atomic E-state index is 0. The molecule has 0 fully saturated rings. The third kappa shape index (κ3) is 4.50. The summed E-state index contributed by atoms with van der Waals surface area (Å²) in [5, 5.41) is 1.95. The number of rotatable bonds is 3. The van der Waals surface area contributed by atoms with Crippen molar-refractivity contribution in [2.75, 3.05) is 0 Å². The summed E-state index contributed by atoms with van der Waals surface area (Å²) in [5.41, 5.74) is 0.248. The Morgan fingerprint density at radius 2 is 1.47 bits per heavy atom. The van der Waals surface area contributed by atoms with Crippen LogP contribution in [0.2, 0.25) is 15.1 Å². The van der Waals surface area contributed by atoms with Crippen LogP contribution >= 0.6 is 43.4 Å². The van der Waals surface area contributed by atoms with Crippen LogP contribution in [-0.2, 0) is 0 Å². The molecule has 2 aromatic rings. The molecule has 1 nitrogen and oxygen atoms in total. The van der Waals surface area contributed by atoms with E-state index in [1.54, 1.807) is 0 Å². The summed E-state index contributed by atoms with van der Waals surface area (Å²) in [6, 6.07) is 12.5. The summed E-state index contributed by atoms with van der Waals surface area (Å²) in [7, 11) is -0.00562. The molecule has 0 aliphatic heterocycles. The average Bonchev–Trinajstić information content (AvgIpc) is 2.28. The summed E-state index contributed by atoms with van der Waals surface area (Å²) in [6.45, 7) is 0. The van der Waals surface area contributed by atoms with Crippen LogP contribution in [0.25, 0.3) is 0 Å². The van der Waals surface area contributed by atoms with Crippen molar-refractivity contribution in [3.8, 4) is 0 Å². The van der Waals surface area contributed by atoms with Crippen molar-refractivity contribution in [3.63, 3.8) is 0 Å².